The van der Waals surface area contributed by atoms with E-state index in [1.807, 2.05) is 12.1 Å². The van der Waals surface area contributed by atoms with E-state index < -0.39 is 0 Å². The molecule has 0 bridgehead atoms. The largest absolute Gasteiger partial charge is 0.384 e. The van der Waals surface area contributed by atoms with E-state index in [-0.39, 0.29) is 12.5 Å². The summed E-state index contributed by atoms with van der Waals surface area (Å²) in [6.45, 7) is 7.76. The summed E-state index contributed by atoms with van der Waals surface area (Å²) in [6.07, 6.45) is 0.928. The first-order valence-electron chi connectivity index (χ1n) is 7.42. The molecule has 0 fully saturated rings. The molecular weight excluding hydrogens is 264 g/mol. The van der Waals surface area contributed by atoms with Crippen molar-refractivity contribution in [3.63, 3.8) is 0 Å². The summed E-state index contributed by atoms with van der Waals surface area (Å²) in [5, 5.41) is 11.7. The standard InChI is InChI=1S/C17H24N2O2/c1-3-19(4-2)13-8-12-18-17(21)16-11-6-5-9-15(16)10-7-14-20/h5-6,9,11,20H,3-4,8,12-14H2,1-2H3,(H,18,21). The molecule has 0 atom stereocenters. The zero-order valence-corrected chi connectivity index (χ0v) is 12.9. The van der Waals surface area contributed by atoms with E-state index >= 15 is 0 Å². The van der Waals surface area contributed by atoms with E-state index in [1.165, 1.54) is 0 Å². The lowest BCUT2D eigenvalue weighted by Gasteiger charge is -2.17. The Balaban J connectivity index is 2.52. The van der Waals surface area contributed by atoms with Gasteiger partial charge >= 0.3 is 0 Å². The molecule has 0 aromatic heterocycles. The van der Waals surface area contributed by atoms with Gasteiger partial charge in [0.05, 0.1) is 5.56 Å². The molecule has 21 heavy (non-hydrogen) atoms. The van der Waals surface area contributed by atoms with Crippen LogP contribution in [0, 0.1) is 11.8 Å². The summed E-state index contributed by atoms with van der Waals surface area (Å²) in [7, 11) is 0. The van der Waals surface area contributed by atoms with Gasteiger partial charge in [0.1, 0.15) is 6.61 Å². The Morgan fingerprint density at radius 3 is 2.67 bits per heavy atom. The lowest BCUT2D eigenvalue weighted by atomic mass is 10.1. The van der Waals surface area contributed by atoms with E-state index in [4.69, 9.17) is 5.11 Å². The fourth-order valence-corrected chi connectivity index (χ4v) is 2.06. The van der Waals surface area contributed by atoms with Crippen molar-refractivity contribution in [1.29, 1.82) is 0 Å². The average molecular weight is 288 g/mol. The van der Waals surface area contributed by atoms with E-state index in [0.29, 0.717) is 17.7 Å². The highest BCUT2D eigenvalue weighted by Gasteiger charge is 2.08. The molecule has 0 spiro atoms. The van der Waals surface area contributed by atoms with Gasteiger partial charge in [-0.15, -0.1) is 0 Å². The van der Waals surface area contributed by atoms with Crippen LogP contribution in [0.2, 0.25) is 0 Å². The van der Waals surface area contributed by atoms with Crippen molar-refractivity contribution in [3.05, 3.63) is 35.4 Å². The number of rotatable bonds is 7. The Morgan fingerprint density at radius 2 is 2.00 bits per heavy atom. The van der Waals surface area contributed by atoms with Crippen molar-refractivity contribution in [1.82, 2.24) is 10.2 Å². The van der Waals surface area contributed by atoms with Gasteiger partial charge in [-0.1, -0.05) is 37.8 Å². The van der Waals surface area contributed by atoms with Gasteiger partial charge in [-0.05, 0) is 38.2 Å². The van der Waals surface area contributed by atoms with Gasteiger partial charge in [0.15, 0.2) is 0 Å². The number of aliphatic hydroxyl groups is 1. The van der Waals surface area contributed by atoms with E-state index in [1.54, 1.807) is 12.1 Å². The Bertz CT molecular complexity index is 499. The Kier molecular flexibility index (Phi) is 8.18. The Hall–Kier alpha value is -1.83. The zero-order valence-electron chi connectivity index (χ0n) is 12.9. The lowest BCUT2D eigenvalue weighted by molar-refractivity contribution is 0.0951. The van der Waals surface area contributed by atoms with Gasteiger partial charge in [-0.25, -0.2) is 0 Å². The number of hydrogen-bond donors (Lipinski definition) is 2. The minimum Gasteiger partial charge on any atom is -0.384 e. The van der Waals surface area contributed by atoms with Crippen LogP contribution in [-0.4, -0.2) is 48.7 Å². The molecule has 1 aromatic carbocycles. The maximum absolute atomic E-state index is 12.2. The summed E-state index contributed by atoms with van der Waals surface area (Å²) in [5.41, 5.74) is 1.20. The van der Waals surface area contributed by atoms with Crippen molar-refractivity contribution < 1.29 is 9.90 Å². The summed E-state index contributed by atoms with van der Waals surface area (Å²) < 4.78 is 0. The predicted molar refractivity (Wildman–Crippen MR) is 85.1 cm³/mol. The van der Waals surface area contributed by atoms with Crippen LogP contribution >= 0.6 is 0 Å². The number of aliphatic hydroxyl groups excluding tert-OH is 1. The normalized spacial score (nSPS) is 10.1. The minimum absolute atomic E-state index is 0.114. The van der Waals surface area contributed by atoms with E-state index in [9.17, 15) is 4.79 Å². The second kappa shape index (κ2) is 9.98. The number of amides is 1. The molecule has 0 unspecified atom stereocenters. The third-order valence-corrected chi connectivity index (χ3v) is 3.30. The summed E-state index contributed by atoms with van der Waals surface area (Å²) in [5.74, 6) is 5.26. The molecule has 0 aliphatic heterocycles. The molecule has 0 aliphatic carbocycles. The molecule has 1 rings (SSSR count). The molecule has 0 aliphatic rings. The highest BCUT2D eigenvalue weighted by atomic mass is 16.2. The quantitative estimate of drug-likeness (QED) is 0.590. The molecule has 4 nitrogen and oxygen atoms in total. The molecule has 114 valence electrons. The van der Waals surface area contributed by atoms with Crippen LogP contribution in [0.25, 0.3) is 0 Å². The van der Waals surface area contributed by atoms with Gasteiger partial charge in [0.2, 0.25) is 0 Å². The Labute approximate surface area is 127 Å². The fraction of sp³-hybridized carbons (Fsp3) is 0.471. The van der Waals surface area contributed by atoms with Crippen LogP contribution < -0.4 is 5.32 Å². The first-order valence-corrected chi connectivity index (χ1v) is 7.42. The molecule has 0 radical (unpaired) electrons. The number of hydrogen-bond acceptors (Lipinski definition) is 3. The van der Waals surface area contributed by atoms with Gasteiger partial charge in [-0.2, -0.15) is 0 Å². The first kappa shape index (κ1) is 17.2. The van der Waals surface area contributed by atoms with Crippen molar-refractivity contribution in [2.24, 2.45) is 0 Å². The SMILES string of the molecule is CCN(CC)CCCNC(=O)c1ccccc1C#CCO. The summed E-state index contributed by atoms with van der Waals surface area (Å²) in [4.78, 5) is 14.5. The lowest BCUT2D eigenvalue weighted by Crippen LogP contribution is -2.30. The second-order valence-electron chi connectivity index (χ2n) is 4.64. The topological polar surface area (TPSA) is 52.6 Å². The van der Waals surface area contributed by atoms with E-state index in [2.05, 4.69) is 35.9 Å². The number of nitrogens with zero attached hydrogens (tertiary/aromatic N) is 1. The van der Waals surface area contributed by atoms with Crippen molar-refractivity contribution in [2.75, 3.05) is 32.8 Å². The Morgan fingerprint density at radius 1 is 1.29 bits per heavy atom. The monoisotopic (exact) mass is 288 g/mol. The van der Waals surface area contributed by atoms with E-state index in [0.717, 1.165) is 26.1 Å². The molecule has 1 aromatic rings. The minimum atomic E-state index is -0.209. The van der Waals surface area contributed by atoms with Crippen molar-refractivity contribution in [3.8, 4) is 11.8 Å². The molecule has 1 amide bonds. The second-order valence-corrected chi connectivity index (χ2v) is 4.64. The maximum Gasteiger partial charge on any atom is 0.252 e. The van der Waals surface area contributed by atoms with Crippen LogP contribution in [0.1, 0.15) is 36.2 Å². The van der Waals surface area contributed by atoms with Crippen molar-refractivity contribution >= 4 is 5.91 Å². The third-order valence-electron chi connectivity index (χ3n) is 3.30. The van der Waals surface area contributed by atoms with Gasteiger partial charge in [-0.3, -0.25) is 4.79 Å². The summed E-state index contributed by atoms with van der Waals surface area (Å²) >= 11 is 0. The van der Waals surface area contributed by atoms with Gasteiger partial charge in [0, 0.05) is 12.1 Å². The molecule has 0 heterocycles. The maximum atomic E-state index is 12.2. The van der Waals surface area contributed by atoms with Crippen LogP contribution in [0.4, 0.5) is 0 Å². The van der Waals surface area contributed by atoms with Gasteiger partial charge in [0.25, 0.3) is 5.91 Å². The molecule has 0 saturated carbocycles. The smallest absolute Gasteiger partial charge is 0.252 e. The van der Waals surface area contributed by atoms with Crippen molar-refractivity contribution in [2.45, 2.75) is 20.3 Å². The third kappa shape index (κ3) is 5.99. The molecular formula is C17H24N2O2. The van der Waals surface area contributed by atoms with Crippen LogP contribution in [0.3, 0.4) is 0 Å². The highest BCUT2D eigenvalue weighted by Crippen LogP contribution is 2.07. The first-order chi connectivity index (χ1) is 10.2. The van der Waals surface area contributed by atoms with Crippen LogP contribution in [-0.2, 0) is 0 Å². The number of carbonyl (C=O) groups is 1. The number of nitrogens with one attached hydrogen (secondary N) is 1. The molecule has 2 N–H and O–H groups in total. The fourth-order valence-electron chi connectivity index (χ4n) is 2.06. The molecule has 4 heteroatoms. The van der Waals surface area contributed by atoms with Crippen LogP contribution in [0.5, 0.6) is 0 Å². The van der Waals surface area contributed by atoms with Gasteiger partial charge < -0.3 is 15.3 Å². The summed E-state index contributed by atoms with van der Waals surface area (Å²) in [6, 6.07) is 7.18. The number of carbonyl (C=O) groups excluding carboxylic acids is 1. The highest BCUT2D eigenvalue weighted by molar-refractivity contribution is 5.96. The predicted octanol–water partition coefficient (Wildman–Crippen LogP) is 1.49. The van der Waals surface area contributed by atoms with Crippen LogP contribution in [0.15, 0.2) is 24.3 Å². The number of benzene rings is 1. The average Bonchev–Trinajstić information content (AvgIpc) is 2.53. The zero-order chi connectivity index (χ0) is 15.5. The molecule has 0 saturated heterocycles.